The van der Waals surface area contributed by atoms with E-state index in [1.54, 1.807) is 38.1 Å². The fourth-order valence-electron chi connectivity index (χ4n) is 2.05. The Morgan fingerprint density at radius 2 is 1.85 bits per heavy atom. The Morgan fingerprint density at radius 3 is 2.40 bits per heavy atom. The van der Waals surface area contributed by atoms with Gasteiger partial charge in [0.25, 0.3) is 0 Å². The number of nitrogens with zero attached hydrogens (tertiary/aromatic N) is 2. The molecule has 20 heavy (non-hydrogen) atoms. The highest BCUT2D eigenvalue weighted by Crippen LogP contribution is 2.25. The fourth-order valence-corrected chi connectivity index (χ4v) is 2.05. The molecule has 2 aromatic rings. The summed E-state index contributed by atoms with van der Waals surface area (Å²) < 4.78 is 5.37. The molecular weight excluding hydrogens is 256 g/mol. The average Bonchev–Trinajstić information content (AvgIpc) is 2.38. The molecule has 1 aromatic heterocycles. The Hall–Kier alpha value is -2.43. The van der Waals surface area contributed by atoms with Crippen LogP contribution in [0.4, 0.5) is 0 Å². The molecule has 0 unspecified atom stereocenters. The predicted molar refractivity (Wildman–Crippen MR) is 75.1 cm³/mol. The van der Waals surface area contributed by atoms with Crippen molar-refractivity contribution in [3.63, 3.8) is 0 Å². The highest BCUT2D eigenvalue weighted by atomic mass is 16.5. The summed E-state index contributed by atoms with van der Waals surface area (Å²) in [6.07, 6.45) is 0. The maximum absolute atomic E-state index is 11.4. The molecule has 0 aliphatic carbocycles. The largest absolute Gasteiger partial charge is 0.494 e. The van der Waals surface area contributed by atoms with Gasteiger partial charge in [-0.05, 0) is 45.0 Å². The first-order chi connectivity index (χ1) is 9.52. The first-order valence-electron chi connectivity index (χ1n) is 6.34. The third-order valence-electron chi connectivity index (χ3n) is 2.85. The minimum Gasteiger partial charge on any atom is -0.494 e. The second kappa shape index (κ2) is 5.69. The van der Waals surface area contributed by atoms with Gasteiger partial charge in [0.1, 0.15) is 17.1 Å². The maximum atomic E-state index is 11.4. The van der Waals surface area contributed by atoms with Gasteiger partial charge in [-0.2, -0.15) is 0 Å². The summed E-state index contributed by atoms with van der Waals surface area (Å²) in [5.74, 6) is 0.276. The number of ether oxygens (including phenoxy) is 1. The SMILES string of the molecule is CCOc1ccc(-c2nc(C)nc(C)c2C(=O)O)cc1. The lowest BCUT2D eigenvalue weighted by Gasteiger charge is -2.10. The lowest BCUT2D eigenvalue weighted by atomic mass is 10.0. The average molecular weight is 272 g/mol. The van der Waals surface area contributed by atoms with Crippen molar-refractivity contribution in [1.29, 1.82) is 0 Å². The summed E-state index contributed by atoms with van der Waals surface area (Å²) in [5, 5.41) is 9.33. The topological polar surface area (TPSA) is 72.3 Å². The van der Waals surface area contributed by atoms with E-state index in [4.69, 9.17) is 4.74 Å². The molecule has 104 valence electrons. The summed E-state index contributed by atoms with van der Waals surface area (Å²) in [6, 6.07) is 7.21. The Balaban J connectivity index is 2.53. The normalized spacial score (nSPS) is 10.3. The van der Waals surface area contributed by atoms with Gasteiger partial charge in [0.05, 0.1) is 18.0 Å². The monoisotopic (exact) mass is 272 g/mol. The third kappa shape index (κ3) is 2.77. The van der Waals surface area contributed by atoms with Crippen molar-refractivity contribution in [3.8, 4) is 17.0 Å². The van der Waals surface area contributed by atoms with E-state index in [1.807, 2.05) is 6.92 Å². The molecule has 0 aliphatic rings. The van der Waals surface area contributed by atoms with Gasteiger partial charge in [-0.25, -0.2) is 14.8 Å². The zero-order valence-corrected chi connectivity index (χ0v) is 11.7. The summed E-state index contributed by atoms with van der Waals surface area (Å²) in [7, 11) is 0. The van der Waals surface area contributed by atoms with E-state index in [0.29, 0.717) is 23.8 Å². The standard InChI is InChI=1S/C15H16N2O3/c1-4-20-12-7-5-11(6-8-12)14-13(15(18)19)9(2)16-10(3)17-14/h5-8H,4H2,1-3H3,(H,18,19). The Bertz CT molecular complexity index is 636. The van der Waals surface area contributed by atoms with E-state index in [-0.39, 0.29) is 5.56 Å². The lowest BCUT2D eigenvalue weighted by molar-refractivity contribution is 0.0696. The van der Waals surface area contributed by atoms with Crippen LogP contribution in [0.3, 0.4) is 0 Å². The molecule has 0 saturated carbocycles. The highest BCUT2D eigenvalue weighted by Gasteiger charge is 2.18. The van der Waals surface area contributed by atoms with E-state index in [0.717, 1.165) is 11.3 Å². The van der Waals surface area contributed by atoms with Crippen molar-refractivity contribution < 1.29 is 14.6 Å². The number of hydrogen-bond acceptors (Lipinski definition) is 4. The van der Waals surface area contributed by atoms with Crippen LogP contribution in [0, 0.1) is 13.8 Å². The number of benzene rings is 1. The van der Waals surface area contributed by atoms with Gasteiger partial charge in [-0.1, -0.05) is 0 Å². The van der Waals surface area contributed by atoms with Crippen molar-refractivity contribution in [2.75, 3.05) is 6.61 Å². The van der Waals surface area contributed by atoms with Gasteiger partial charge in [0, 0.05) is 5.56 Å². The van der Waals surface area contributed by atoms with E-state index < -0.39 is 5.97 Å². The maximum Gasteiger partial charge on any atom is 0.339 e. The van der Waals surface area contributed by atoms with Crippen LogP contribution in [0.2, 0.25) is 0 Å². The van der Waals surface area contributed by atoms with Crippen molar-refractivity contribution in [3.05, 3.63) is 41.3 Å². The van der Waals surface area contributed by atoms with Crippen molar-refractivity contribution in [2.24, 2.45) is 0 Å². The molecular formula is C15H16N2O3. The predicted octanol–water partition coefficient (Wildman–Crippen LogP) is 2.86. The number of aromatic nitrogens is 2. The zero-order valence-electron chi connectivity index (χ0n) is 11.7. The third-order valence-corrected chi connectivity index (χ3v) is 2.85. The Kier molecular flexibility index (Phi) is 3.98. The number of carboxylic acid groups (broad SMARTS) is 1. The fraction of sp³-hybridized carbons (Fsp3) is 0.267. The second-order valence-corrected chi connectivity index (χ2v) is 4.34. The molecule has 0 fully saturated rings. The smallest absolute Gasteiger partial charge is 0.339 e. The number of rotatable bonds is 4. The minimum atomic E-state index is -1.02. The van der Waals surface area contributed by atoms with Crippen molar-refractivity contribution in [1.82, 2.24) is 9.97 Å². The molecule has 5 heteroatoms. The summed E-state index contributed by atoms with van der Waals surface area (Å²) in [4.78, 5) is 19.8. The number of carboxylic acids is 1. The van der Waals surface area contributed by atoms with Gasteiger partial charge in [0.15, 0.2) is 0 Å². The quantitative estimate of drug-likeness (QED) is 0.926. The van der Waals surface area contributed by atoms with Gasteiger partial charge in [-0.3, -0.25) is 0 Å². The van der Waals surface area contributed by atoms with Crippen LogP contribution in [0.1, 0.15) is 28.8 Å². The molecule has 0 saturated heterocycles. The number of carbonyl (C=O) groups is 1. The minimum absolute atomic E-state index is 0.139. The lowest BCUT2D eigenvalue weighted by Crippen LogP contribution is -2.08. The molecule has 0 bridgehead atoms. The number of aryl methyl sites for hydroxylation is 2. The van der Waals surface area contributed by atoms with Gasteiger partial charge in [0.2, 0.25) is 0 Å². The number of aromatic carboxylic acids is 1. The van der Waals surface area contributed by atoms with Crippen LogP contribution >= 0.6 is 0 Å². The highest BCUT2D eigenvalue weighted by molar-refractivity contribution is 5.95. The van der Waals surface area contributed by atoms with Crippen LogP contribution in [-0.2, 0) is 0 Å². The molecule has 0 atom stereocenters. The first kappa shape index (κ1) is 14.0. The summed E-state index contributed by atoms with van der Waals surface area (Å²) in [6.45, 7) is 5.92. The second-order valence-electron chi connectivity index (χ2n) is 4.34. The molecule has 0 radical (unpaired) electrons. The van der Waals surface area contributed by atoms with E-state index in [9.17, 15) is 9.90 Å². The molecule has 1 heterocycles. The van der Waals surface area contributed by atoms with Crippen molar-refractivity contribution in [2.45, 2.75) is 20.8 Å². The number of hydrogen-bond donors (Lipinski definition) is 1. The van der Waals surface area contributed by atoms with Crippen LogP contribution in [0.15, 0.2) is 24.3 Å². The van der Waals surface area contributed by atoms with Crippen molar-refractivity contribution >= 4 is 5.97 Å². The van der Waals surface area contributed by atoms with Crippen LogP contribution < -0.4 is 4.74 Å². The molecule has 0 spiro atoms. The molecule has 5 nitrogen and oxygen atoms in total. The van der Waals surface area contributed by atoms with Gasteiger partial charge >= 0.3 is 5.97 Å². The molecule has 1 N–H and O–H groups in total. The Labute approximate surface area is 117 Å². The van der Waals surface area contributed by atoms with Crippen LogP contribution in [0.25, 0.3) is 11.3 Å². The van der Waals surface area contributed by atoms with E-state index >= 15 is 0 Å². The summed E-state index contributed by atoms with van der Waals surface area (Å²) in [5.41, 5.74) is 1.78. The molecule has 0 aliphatic heterocycles. The Morgan fingerprint density at radius 1 is 1.20 bits per heavy atom. The summed E-state index contributed by atoms with van der Waals surface area (Å²) >= 11 is 0. The van der Waals surface area contributed by atoms with Gasteiger partial charge < -0.3 is 9.84 Å². The molecule has 0 amide bonds. The van der Waals surface area contributed by atoms with E-state index in [1.165, 1.54) is 0 Å². The molecule has 1 aromatic carbocycles. The van der Waals surface area contributed by atoms with Gasteiger partial charge in [-0.15, -0.1) is 0 Å². The molecule has 2 rings (SSSR count). The van der Waals surface area contributed by atoms with Crippen LogP contribution in [-0.4, -0.2) is 27.7 Å². The first-order valence-corrected chi connectivity index (χ1v) is 6.34. The van der Waals surface area contributed by atoms with E-state index in [2.05, 4.69) is 9.97 Å². The zero-order chi connectivity index (χ0) is 14.7. The van der Waals surface area contributed by atoms with Crippen LogP contribution in [0.5, 0.6) is 5.75 Å².